The number of nitrogens with one attached hydrogen (secondary N) is 1. The lowest BCUT2D eigenvalue weighted by Crippen LogP contribution is -2.66. The second-order valence-electron chi connectivity index (χ2n) is 11.6. The maximum absolute atomic E-state index is 15.5. The summed E-state index contributed by atoms with van der Waals surface area (Å²) in [5.74, 6) is -1.87. The summed E-state index contributed by atoms with van der Waals surface area (Å²) < 4.78 is 30.6. The lowest BCUT2D eigenvalue weighted by molar-refractivity contribution is -0.149. The number of likely N-dealkylation sites (tertiary alicyclic amines) is 1. The molecule has 0 unspecified atom stereocenters. The Morgan fingerprint density at radius 2 is 1.92 bits per heavy atom. The SMILES string of the molecule is CC(=O)NCCC[C@@]1(O)c2c(ccc(F)c2-c2cc(C)ccc2F)[C@]12CCCN(C(=O)[C@H]1C[C@@H](N)[C@@H](O)C1)C2. The molecule has 1 heterocycles. The number of hydrogen-bond donors (Lipinski definition) is 4. The molecule has 7 nitrogen and oxygen atoms in total. The Kier molecular flexibility index (Phi) is 7.28. The first kappa shape index (κ1) is 27.7. The third-order valence-electron chi connectivity index (χ3n) is 9.09. The van der Waals surface area contributed by atoms with E-state index >= 15 is 8.78 Å². The number of benzene rings is 2. The van der Waals surface area contributed by atoms with Crippen LogP contribution in [0.4, 0.5) is 8.78 Å². The molecule has 0 bridgehead atoms. The van der Waals surface area contributed by atoms with Crippen LogP contribution in [0.25, 0.3) is 11.1 Å². The van der Waals surface area contributed by atoms with Crippen molar-refractivity contribution >= 4 is 11.8 Å². The summed E-state index contributed by atoms with van der Waals surface area (Å²) in [6.45, 7) is 4.29. The van der Waals surface area contributed by atoms with Crippen molar-refractivity contribution < 1.29 is 28.6 Å². The topological polar surface area (TPSA) is 116 Å². The van der Waals surface area contributed by atoms with Crippen LogP contribution in [0.5, 0.6) is 0 Å². The van der Waals surface area contributed by atoms with E-state index in [1.807, 2.05) is 0 Å². The summed E-state index contributed by atoms with van der Waals surface area (Å²) in [5, 5.41) is 25.3. The van der Waals surface area contributed by atoms with E-state index < -0.39 is 34.8 Å². The van der Waals surface area contributed by atoms with Crippen molar-refractivity contribution in [3.05, 3.63) is 58.7 Å². The highest BCUT2D eigenvalue weighted by molar-refractivity contribution is 5.81. The molecular weight excluding hydrogens is 504 g/mol. The molecule has 2 aromatic carbocycles. The zero-order valence-corrected chi connectivity index (χ0v) is 22.5. The largest absolute Gasteiger partial charge is 0.391 e. The summed E-state index contributed by atoms with van der Waals surface area (Å²) >= 11 is 0. The Labute approximate surface area is 227 Å². The van der Waals surface area contributed by atoms with Gasteiger partial charge in [-0.25, -0.2) is 8.78 Å². The zero-order valence-electron chi connectivity index (χ0n) is 22.5. The number of fused-ring (bicyclic) bond motifs is 2. The van der Waals surface area contributed by atoms with Crippen molar-refractivity contribution in [1.82, 2.24) is 10.2 Å². The van der Waals surface area contributed by atoms with E-state index in [2.05, 4.69) is 5.32 Å². The number of aliphatic hydroxyl groups is 2. The Bertz CT molecular complexity index is 1290. The predicted octanol–water partition coefficient (Wildman–Crippen LogP) is 3.02. The summed E-state index contributed by atoms with van der Waals surface area (Å²) in [7, 11) is 0. The van der Waals surface area contributed by atoms with Gasteiger partial charge in [0.1, 0.15) is 17.2 Å². The standard InChI is InChI=1S/C30H37F2N3O4/c1-17-5-7-22(31)20(13-17)26-23(32)8-6-21-27(26)30(39,10-3-11-34-18(2)36)29(21)9-4-12-35(16-29)28(38)19-14-24(33)25(37)15-19/h5-8,13,19,24-25,37,39H,3-4,9-12,14-16,33H2,1-2H3,(H,34,36)/t19-,24+,25-,29+,30+/m0/s1. The molecule has 5 rings (SSSR count). The molecule has 3 aliphatic rings. The maximum Gasteiger partial charge on any atom is 0.225 e. The molecular formula is C30H37F2N3O4. The second-order valence-corrected chi connectivity index (χ2v) is 11.6. The number of nitrogens with zero attached hydrogens (tertiary/aromatic N) is 1. The van der Waals surface area contributed by atoms with Crippen molar-refractivity contribution in [3.63, 3.8) is 0 Å². The van der Waals surface area contributed by atoms with Crippen molar-refractivity contribution in [2.24, 2.45) is 11.7 Å². The van der Waals surface area contributed by atoms with Crippen LogP contribution < -0.4 is 11.1 Å². The number of aliphatic hydroxyl groups excluding tert-OH is 1. The number of halogens is 2. The third kappa shape index (κ3) is 4.54. The van der Waals surface area contributed by atoms with Gasteiger partial charge in [0.25, 0.3) is 0 Å². The van der Waals surface area contributed by atoms with Crippen molar-refractivity contribution in [2.75, 3.05) is 19.6 Å². The molecule has 9 heteroatoms. The van der Waals surface area contributed by atoms with Gasteiger partial charge in [-0.05, 0) is 74.8 Å². The number of hydrogen-bond acceptors (Lipinski definition) is 5. The van der Waals surface area contributed by atoms with E-state index in [-0.39, 0.29) is 41.8 Å². The number of piperidine rings is 1. The smallest absolute Gasteiger partial charge is 0.225 e. The Hall–Kier alpha value is -2.88. The highest BCUT2D eigenvalue weighted by Crippen LogP contribution is 2.63. The average Bonchev–Trinajstić information content (AvgIpc) is 3.25. The van der Waals surface area contributed by atoms with Crippen molar-refractivity contribution in [2.45, 2.75) is 75.5 Å². The normalized spacial score (nSPS) is 29.7. The first-order valence-electron chi connectivity index (χ1n) is 13.8. The Morgan fingerprint density at radius 1 is 1.18 bits per heavy atom. The van der Waals surface area contributed by atoms with E-state index in [9.17, 15) is 19.8 Å². The predicted molar refractivity (Wildman–Crippen MR) is 143 cm³/mol. The van der Waals surface area contributed by atoms with Crippen LogP contribution in [0.15, 0.2) is 30.3 Å². The molecule has 1 saturated carbocycles. The molecule has 2 aliphatic carbocycles. The summed E-state index contributed by atoms with van der Waals surface area (Å²) in [4.78, 5) is 26.7. The molecule has 2 amide bonds. The third-order valence-corrected chi connectivity index (χ3v) is 9.09. The fourth-order valence-corrected chi connectivity index (χ4v) is 7.18. The van der Waals surface area contributed by atoms with Crippen LogP contribution in [-0.2, 0) is 20.6 Å². The molecule has 5 atom stereocenters. The molecule has 1 aliphatic heterocycles. The fraction of sp³-hybridized carbons (Fsp3) is 0.533. The molecule has 0 radical (unpaired) electrons. The maximum atomic E-state index is 15.5. The van der Waals surface area contributed by atoms with Gasteiger partial charge in [-0.3, -0.25) is 9.59 Å². The van der Waals surface area contributed by atoms with Gasteiger partial charge in [0.05, 0.1) is 6.10 Å². The minimum Gasteiger partial charge on any atom is -0.391 e. The zero-order chi connectivity index (χ0) is 28.1. The lowest BCUT2D eigenvalue weighted by Gasteiger charge is -2.62. The molecule has 2 aromatic rings. The fourth-order valence-electron chi connectivity index (χ4n) is 7.18. The van der Waals surface area contributed by atoms with E-state index in [0.717, 1.165) is 11.1 Å². The van der Waals surface area contributed by atoms with Gasteiger partial charge in [0, 0.05) is 55.1 Å². The highest BCUT2D eigenvalue weighted by atomic mass is 19.1. The molecule has 2 fully saturated rings. The van der Waals surface area contributed by atoms with E-state index in [0.29, 0.717) is 50.8 Å². The van der Waals surface area contributed by atoms with Gasteiger partial charge in [-0.15, -0.1) is 0 Å². The summed E-state index contributed by atoms with van der Waals surface area (Å²) in [6.07, 6.45) is 1.83. The van der Waals surface area contributed by atoms with Crippen LogP contribution in [0.1, 0.15) is 62.1 Å². The van der Waals surface area contributed by atoms with Crippen LogP contribution >= 0.6 is 0 Å². The highest BCUT2D eigenvalue weighted by Gasteiger charge is 2.64. The van der Waals surface area contributed by atoms with Crippen LogP contribution in [0.2, 0.25) is 0 Å². The number of rotatable bonds is 6. The van der Waals surface area contributed by atoms with Gasteiger partial charge >= 0.3 is 0 Å². The second kappa shape index (κ2) is 10.3. The minimum absolute atomic E-state index is 0.0506. The summed E-state index contributed by atoms with van der Waals surface area (Å²) in [6, 6.07) is 7.04. The van der Waals surface area contributed by atoms with E-state index in [1.54, 1.807) is 30.0 Å². The average molecular weight is 542 g/mol. The monoisotopic (exact) mass is 541 g/mol. The number of nitrogens with two attached hydrogens (primary N) is 1. The van der Waals surface area contributed by atoms with Crippen molar-refractivity contribution in [1.29, 1.82) is 0 Å². The van der Waals surface area contributed by atoms with Gasteiger partial charge < -0.3 is 26.2 Å². The number of carbonyl (C=O) groups excluding carboxylic acids is 2. The molecule has 39 heavy (non-hydrogen) atoms. The van der Waals surface area contributed by atoms with Crippen LogP contribution in [0.3, 0.4) is 0 Å². The number of aryl methyl sites for hydroxylation is 1. The Balaban J connectivity index is 1.56. The van der Waals surface area contributed by atoms with Crippen LogP contribution in [0, 0.1) is 24.5 Å². The minimum atomic E-state index is -1.54. The quantitative estimate of drug-likeness (QED) is 0.420. The van der Waals surface area contributed by atoms with Gasteiger partial charge in [-0.1, -0.05) is 17.7 Å². The number of carbonyl (C=O) groups is 2. The van der Waals surface area contributed by atoms with Crippen LogP contribution in [-0.4, -0.2) is 58.7 Å². The van der Waals surface area contributed by atoms with Gasteiger partial charge in [0.2, 0.25) is 11.8 Å². The lowest BCUT2D eigenvalue weighted by atomic mass is 9.47. The molecule has 1 spiro atoms. The molecule has 5 N–H and O–H groups in total. The first-order chi connectivity index (χ1) is 18.5. The summed E-state index contributed by atoms with van der Waals surface area (Å²) in [5.41, 5.74) is 5.56. The number of amides is 2. The molecule has 0 aromatic heterocycles. The molecule has 210 valence electrons. The van der Waals surface area contributed by atoms with Gasteiger partial charge in [0.15, 0.2) is 0 Å². The van der Waals surface area contributed by atoms with E-state index in [1.165, 1.54) is 19.1 Å². The van der Waals surface area contributed by atoms with Crippen molar-refractivity contribution in [3.8, 4) is 11.1 Å². The van der Waals surface area contributed by atoms with Gasteiger partial charge in [-0.2, -0.15) is 0 Å². The molecule has 1 saturated heterocycles. The van der Waals surface area contributed by atoms with E-state index in [4.69, 9.17) is 5.73 Å². The first-order valence-corrected chi connectivity index (χ1v) is 13.8. The Morgan fingerprint density at radius 3 is 2.62 bits per heavy atom.